The second-order valence-corrected chi connectivity index (χ2v) is 8.83. The van der Waals surface area contributed by atoms with E-state index in [2.05, 4.69) is 20.5 Å². The van der Waals surface area contributed by atoms with E-state index >= 15 is 0 Å². The average molecular weight is 515 g/mol. The maximum atomic E-state index is 12.9. The number of carbonyl (C=O) groups is 5. The molecule has 0 aliphatic heterocycles. The monoisotopic (exact) mass is 515 g/mol. The number of hydrogen-bond donors (Lipinski definition) is 7. The maximum Gasteiger partial charge on any atom is 0.524 e. The van der Waals surface area contributed by atoms with E-state index in [9.17, 15) is 28.5 Å². The Balaban J connectivity index is 2.98. The van der Waals surface area contributed by atoms with Gasteiger partial charge in [-0.3, -0.25) is 33.8 Å². The van der Waals surface area contributed by atoms with Crippen LogP contribution in [-0.2, 0) is 35.0 Å². The van der Waals surface area contributed by atoms with Crippen molar-refractivity contribution in [3.8, 4) is 5.75 Å². The zero-order chi connectivity index (χ0) is 26.8. The van der Waals surface area contributed by atoms with Crippen LogP contribution in [0.15, 0.2) is 24.3 Å². The van der Waals surface area contributed by atoms with Crippen molar-refractivity contribution in [3.63, 3.8) is 0 Å². The molecule has 0 radical (unpaired) electrons. The molecule has 194 valence electrons. The lowest BCUT2D eigenvalue weighted by Crippen LogP contribution is -2.57. The first-order valence-corrected chi connectivity index (χ1v) is 12.0. The summed E-state index contributed by atoms with van der Waals surface area (Å²) in [5.74, 6) is -3.89. The molecular formula is C20H30N5O9P. The van der Waals surface area contributed by atoms with Crippen molar-refractivity contribution in [2.45, 2.75) is 57.7 Å². The number of hydrogen-bond acceptors (Lipinski definition) is 7. The highest BCUT2D eigenvalue weighted by Gasteiger charge is 2.29. The van der Waals surface area contributed by atoms with Gasteiger partial charge in [-0.1, -0.05) is 25.5 Å². The molecular weight excluding hydrogens is 485 g/mol. The normalized spacial score (nSPS) is 13.6. The minimum absolute atomic E-state index is 0.0202. The SMILES string of the molecule is CCC[C@H](NC(=O)[C@H](Cc1ccc(OP(=O)(O)O)cc1)NC(C)=O)C(=O)N[C@@H](CC(N)=O)C(N)=O. The van der Waals surface area contributed by atoms with Crippen LogP contribution in [0.4, 0.5) is 0 Å². The Morgan fingerprint density at radius 1 is 0.943 bits per heavy atom. The quantitative estimate of drug-likeness (QED) is 0.140. The third-order valence-electron chi connectivity index (χ3n) is 4.56. The zero-order valence-electron chi connectivity index (χ0n) is 19.2. The highest BCUT2D eigenvalue weighted by atomic mass is 31.2. The molecule has 1 aromatic carbocycles. The van der Waals surface area contributed by atoms with Crippen molar-refractivity contribution in [1.29, 1.82) is 0 Å². The van der Waals surface area contributed by atoms with Crippen molar-refractivity contribution < 1.29 is 42.8 Å². The van der Waals surface area contributed by atoms with Crippen LogP contribution in [0.1, 0.15) is 38.7 Å². The van der Waals surface area contributed by atoms with Crippen LogP contribution < -0.4 is 31.9 Å². The molecule has 0 heterocycles. The summed E-state index contributed by atoms with van der Waals surface area (Å²) in [6.45, 7) is 2.96. The molecule has 15 heteroatoms. The van der Waals surface area contributed by atoms with Gasteiger partial charge in [0, 0.05) is 13.3 Å². The summed E-state index contributed by atoms with van der Waals surface area (Å²) in [5.41, 5.74) is 10.8. The van der Waals surface area contributed by atoms with Crippen molar-refractivity contribution in [1.82, 2.24) is 16.0 Å². The Morgan fingerprint density at radius 3 is 1.94 bits per heavy atom. The van der Waals surface area contributed by atoms with E-state index in [0.29, 0.717) is 12.0 Å². The summed E-state index contributed by atoms with van der Waals surface area (Å²) >= 11 is 0. The lowest BCUT2D eigenvalue weighted by molar-refractivity contribution is -0.133. The van der Waals surface area contributed by atoms with E-state index in [1.54, 1.807) is 6.92 Å². The molecule has 3 atom stereocenters. The molecule has 1 aromatic rings. The largest absolute Gasteiger partial charge is 0.524 e. The van der Waals surface area contributed by atoms with Gasteiger partial charge in [-0.05, 0) is 24.1 Å². The van der Waals surface area contributed by atoms with Gasteiger partial charge in [-0.2, -0.15) is 0 Å². The number of phosphoric acid groups is 1. The van der Waals surface area contributed by atoms with Crippen LogP contribution in [0, 0.1) is 0 Å². The fourth-order valence-corrected chi connectivity index (χ4v) is 3.44. The summed E-state index contributed by atoms with van der Waals surface area (Å²) in [7, 11) is -4.74. The summed E-state index contributed by atoms with van der Waals surface area (Å²) in [4.78, 5) is 77.6. The zero-order valence-corrected chi connectivity index (χ0v) is 20.1. The summed E-state index contributed by atoms with van der Waals surface area (Å²) in [6, 6.07) is 1.91. The molecule has 35 heavy (non-hydrogen) atoms. The average Bonchev–Trinajstić information content (AvgIpc) is 2.71. The lowest BCUT2D eigenvalue weighted by Gasteiger charge is -2.24. The number of nitrogens with two attached hydrogens (primary N) is 2. The van der Waals surface area contributed by atoms with Crippen LogP contribution in [0.3, 0.4) is 0 Å². The van der Waals surface area contributed by atoms with Gasteiger partial charge in [-0.25, -0.2) is 4.57 Å². The Kier molecular flexibility index (Phi) is 11.3. The van der Waals surface area contributed by atoms with Crippen molar-refractivity contribution >= 4 is 37.4 Å². The molecule has 1 rings (SSSR count). The predicted molar refractivity (Wildman–Crippen MR) is 122 cm³/mol. The molecule has 0 fully saturated rings. The number of phosphoric ester groups is 1. The summed E-state index contributed by atoms with van der Waals surface area (Å²) < 4.78 is 15.4. The number of amides is 5. The number of carbonyl (C=O) groups excluding carboxylic acids is 5. The third kappa shape index (κ3) is 11.5. The van der Waals surface area contributed by atoms with Gasteiger partial charge in [0.1, 0.15) is 23.9 Å². The molecule has 0 aliphatic carbocycles. The van der Waals surface area contributed by atoms with Crippen LogP contribution in [-0.4, -0.2) is 57.4 Å². The Morgan fingerprint density at radius 2 is 1.49 bits per heavy atom. The van der Waals surface area contributed by atoms with Crippen LogP contribution in [0.25, 0.3) is 0 Å². The molecule has 0 bridgehead atoms. The van der Waals surface area contributed by atoms with Crippen molar-refractivity contribution in [2.75, 3.05) is 0 Å². The van der Waals surface area contributed by atoms with E-state index < -0.39 is 61.9 Å². The molecule has 0 aliphatic rings. The van der Waals surface area contributed by atoms with Gasteiger partial charge >= 0.3 is 7.82 Å². The number of primary amides is 2. The van der Waals surface area contributed by atoms with Gasteiger partial charge < -0.3 is 31.9 Å². The Bertz CT molecular complexity index is 980. The van der Waals surface area contributed by atoms with Gasteiger partial charge in [-0.15, -0.1) is 0 Å². The van der Waals surface area contributed by atoms with Gasteiger partial charge in [0.25, 0.3) is 0 Å². The second-order valence-electron chi connectivity index (χ2n) is 7.67. The molecule has 0 saturated heterocycles. The maximum absolute atomic E-state index is 12.9. The Hall–Kier alpha value is -3.48. The molecule has 0 aromatic heterocycles. The van der Waals surface area contributed by atoms with Gasteiger partial charge in [0.2, 0.25) is 29.5 Å². The molecule has 14 nitrogen and oxygen atoms in total. The Labute approximate surface area is 201 Å². The first kappa shape index (κ1) is 29.6. The number of rotatable bonds is 14. The van der Waals surface area contributed by atoms with Crippen molar-refractivity contribution in [3.05, 3.63) is 29.8 Å². The number of benzene rings is 1. The fourth-order valence-electron chi connectivity index (χ4n) is 3.04. The molecule has 0 saturated carbocycles. The first-order valence-electron chi connectivity index (χ1n) is 10.5. The van der Waals surface area contributed by atoms with Crippen LogP contribution >= 0.6 is 7.82 Å². The first-order chi connectivity index (χ1) is 16.2. The molecule has 9 N–H and O–H groups in total. The van der Waals surface area contributed by atoms with E-state index in [0.717, 1.165) is 0 Å². The topological polar surface area (TPSA) is 240 Å². The second kappa shape index (κ2) is 13.4. The highest BCUT2D eigenvalue weighted by molar-refractivity contribution is 7.46. The third-order valence-corrected chi connectivity index (χ3v) is 5.01. The van der Waals surface area contributed by atoms with Gasteiger partial charge in [0.15, 0.2) is 0 Å². The van der Waals surface area contributed by atoms with E-state index in [4.69, 9.17) is 21.3 Å². The molecule has 0 spiro atoms. The summed E-state index contributed by atoms with van der Waals surface area (Å²) in [6.07, 6.45) is 0.125. The van der Waals surface area contributed by atoms with E-state index in [1.165, 1.54) is 31.2 Å². The standard InChI is InChI=1S/C20H30N5O9P/c1-3-4-14(19(29)25-15(18(22)28)10-17(21)27)24-20(30)16(23-11(2)26)9-12-5-7-13(8-6-12)34-35(31,32)33/h5-8,14-16H,3-4,9-10H2,1-2H3,(H2,21,27)(H2,22,28)(H,23,26)(H,24,30)(H,25,29)(H2,31,32,33)/t14-,15-,16-/m0/s1. The van der Waals surface area contributed by atoms with E-state index in [-0.39, 0.29) is 18.6 Å². The smallest absolute Gasteiger partial charge is 0.404 e. The fraction of sp³-hybridized carbons (Fsp3) is 0.450. The van der Waals surface area contributed by atoms with Gasteiger partial charge in [0.05, 0.1) is 6.42 Å². The minimum Gasteiger partial charge on any atom is -0.404 e. The van der Waals surface area contributed by atoms with Crippen LogP contribution in [0.5, 0.6) is 5.75 Å². The highest BCUT2D eigenvalue weighted by Crippen LogP contribution is 2.37. The predicted octanol–water partition coefficient (Wildman–Crippen LogP) is -1.66. The summed E-state index contributed by atoms with van der Waals surface area (Å²) in [5, 5.41) is 7.30. The minimum atomic E-state index is -4.74. The molecule has 5 amide bonds. The van der Waals surface area contributed by atoms with E-state index in [1.807, 2.05) is 0 Å². The lowest BCUT2D eigenvalue weighted by atomic mass is 10.0. The van der Waals surface area contributed by atoms with Crippen molar-refractivity contribution in [2.24, 2.45) is 11.5 Å². The molecule has 0 unspecified atom stereocenters. The van der Waals surface area contributed by atoms with Crippen LogP contribution in [0.2, 0.25) is 0 Å². The number of nitrogens with one attached hydrogen (secondary N) is 3.